The second kappa shape index (κ2) is 5.46. The molecule has 2 aromatic rings. The normalized spacial score (nSPS) is 10.8. The molecule has 0 aliphatic heterocycles. The number of fused-ring (bicyclic) bond motifs is 1. The minimum Gasteiger partial charge on any atom is -0.396 e. The van der Waals surface area contributed by atoms with Gasteiger partial charge in [0.05, 0.1) is 0 Å². The van der Waals surface area contributed by atoms with E-state index in [0.29, 0.717) is 5.95 Å². The van der Waals surface area contributed by atoms with Crippen LogP contribution >= 0.6 is 0 Å². The second-order valence-electron chi connectivity index (χ2n) is 3.65. The van der Waals surface area contributed by atoms with Gasteiger partial charge in [-0.2, -0.15) is 4.98 Å². The first kappa shape index (κ1) is 10.9. The number of rotatable bonds is 6. The molecule has 2 heterocycles. The summed E-state index contributed by atoms with van der Waals surface area (Å²) < 4.78 is 1.75. The van der Waals surface area contributed by atoms with E-state index < -0.39 is 0 Å². The smallest absolute Gasteiger partial charge is 0.243 e. The zero-order valence-electron chi connectivity index (χ0n) is 9.13. The number of hydrogen-bond acceptors (Lipinski definition) is 4. The van der Waals surface area contributed by atoms with E-state index in [9.17, 15) is 0 Å². The number of nitrogens with one attached hydrogen (secondary N) is 1. The molecule has 2 aromatic heterocycles. The van der Waals surface area contributed by atoms with Crippen LogP contribution in [0.3, 0.4) is 0 Å². The number of aliphatic hydroxyl groups excluding tert-OH is 1. The van der Waals surface area contributed by atoms with E-state index in [2.05, 4.69) is 15.4 Å². The topological polar surface area (TPSA) is 62.5 Å². The Morgan fingerprint density at radius 3 is 3.00 bits per heavy atom. The summed E-state index contributed by atoms with van der Waals surface area (Å²) in [6, 6.07) is 5.78. The van der Waals surface area contributed by atoms with Crippen molar-refractivity contribution in [3.8, 4) is 0 Å². The molecule has 2 N–H and O–H groups in total. The highest BCUT2D eigenvalue weighted by molar-refractivity contribution is 5.42. The summed E-state index contributed by atoms with van der Waals surface area (Å²) in [6.45, 7) is 1.11. The van der Waals surface area contributed by atoms with E-state index in [1.165, 1.54) is 0 Å². The molecule has 0 saturated carbocycles. The standard InChI is InChI=1S/C11H16N4O/c16-9-5-1-3-7-12-11-13-10-6-2-4-8-15(10)14-11/h2,4,6,8,16H,1,3,5,7,9H2,(H,12,14). The van der Waals surface area contributed by atoms with Gasteiger partial charge in [0.2, 0.25) is 5.95 Å². The van der Waals surface area contributed by atoms with Crippen LogP contribution in [0.1, 0.15) is 19.3 Å². The van der Waals surface area contributed by atoms with Gasteiger partial charge >= 0.3 is 0 Å². The highest BCUT2D eigenvalue weighted by atomic mass is 16.2. The number of aromatic nitrogens is 3. The van der Waals surface area contributed by atoms with Crippen molar-refractivity contribution in [2.75, 3.05) is 18.5 Å². The van der Waals surface area contributed by atoms with Crippen molar-refractivity contribution >= 4 is 11.6 Å². The molecule has 5 nitrogen and oxygen atoms in total. The molecule has 0 atom stereocenters. The van der Waals surface area contributed by atoms with Crippen LogP contribution in [-0.4, -0.2) is 32.9 Å². The van der Waals surface area contributed by atoms with Crippen molar-refractivity contribution < 1.29 is 5.11 Å². The van der Waals surface area contributed by atoms with E-state index >= 15 is 0 Å². The molecular formula is C11H16N4O. The molecule has 0 amide bonds. The molecule has 86 valence electrons. The summed E-state index contributed by atoms with van der Waals surface area (Å²) in [7, 11) is 0. The van der Waals surface area contributed by atoms with Gasteiger partial charge in [-0.3, -0.25) is 0 Å². The van der Waals surface area contributed by atoms with Gasteiger partial charge in [-0.15, -0.1) is 5.10 Å². The van der Waals surface area contributed by atoms with Crippen molar-refractivity contribution in [2.45, 2.75) is 19.3 Å². The number of aliphatic hydroxyl groups is 1. The van der Waals surface area contributed by atoms with Gasteiger partial charge in [0, 0.05) is 19.3 Å². The van der Waals surface area contributed by atoms with Crippen LogP contribution in [0.4, 0.5) is 5.95 Å². The van der Waals surface area contributed by atoms with Crippen molar-refractivity contribution in [3.05, 3.63) is 24.4 Å². The van der Waals surface area contributed by atoms with Crippen LogP contribution < -0.4 is 5.32 Å². The van der Waals surface area contributed by atoms with E-state index in [1.54, 1.807) is 4.52 Å². The minimum atomic E-state index is 0.270. The van der Waals surface area contributed by atoms with Gasteiger partial charge in [0.25, 0.3) is 0 Å². The first-order valence-electron chi connectivity index (χ1n) is 5.56. The highest BCUT2D eigenvalue weighted by Crippen LogP contribution is 2.04. The van der Waals surface area contributed by atoms with E-state index in [0.717, 1.165) is 31.5 Å². The SMILES string of the molecule is OCCCCCNc1nc2ccccn2n1. The Hall–Kier alpha value is -1.62. The number of hydrogen-bond donors (Lipinski definition) is 2. The van der Waals surface area contributed by atoms with E-state index in [1.807, 2.05) is 24.4 Å². The Kier molecular flexibility index (Phi) is 3.71. The average molecular weight is 220 g/mol. The van der Waals surface area contributed by atoms with Crippen molar-refractivity contribution in [1.82, 2.24) is 14.6 Å². The average Bonchev–Trinajstić information content (AvgIpc) is 2.71. The van der Waals surface area contributed by atoms with Gasteiger partial charge in [-0.1, -0.05) is 6.07 Å². The fraction of sp³-hybridized carbons (Fsp3) is 0.455. The summed E-state index contributed by atoms with van der Waals surface area (Å²) in [6.07, 6.45) is 4.78. The summed E-state index contributed by atoms with van der Waals surface area (Å²) in [5.74, 6) is 0.662. The summed E-state index contributed by atoms with van der Waals surface area (Å²) >= 11 is 0. The predicted molar refractivity (Wildman–Crippen MR) is 62.4 cm³/mol. The first-order chi connectivity index (χ1) is 7.90. The van der Waals surface area contributed by atoms with Gasteiger partial charge in [0.15, 0.2) is 5.65 Å². The maximum absolute atomic E-state index is 8.63. The lowest BCUT2D eigenvalue weighted by atomic mass is 10.2. The molecule has 0 aliphatic carbocycles. The van der Waals surface area contributed by atoms with Crippen molar-refractivity contribution in [2.24, 2.45) is 0 Å². The Morgan fingerprint density at radius 2 is 2.19 bits per heavy atom. The van der Waals surface area contributed by atoms with Crippen LogP contribution in [-0.2, 0) is 0 Å². The Bertz CT molecular complexity index is 407. The van der Waals surface area contributed by atoms with Crippen LogP contribution in [0.15, 0.2) is 24.4 Å². The second-order valence-corrected chi connectivity index (χ2v) is 3.65. The molecule has 2 rings (SSSR count). The molecule has 0 spiro atoms. The monoisotopic (exact) mass is 220 g/mol. The number of anilines is 1. The van der Waals surface area contributed by atoms with E-state index in [4.69, 9.17) is 5.11 Å². The molecule has 0 unspecified atom stereocenters. The largest absolute Gasteiger partial charge is 0.396 e. The lowest BCUT2D eigenvalue weighted by molar-refractivity contribution is 0.283. The number of unbranched alkanes of at least 4 members (excludes halogenated alkanes) is 2. The lowest BCUT2D eigenvalue weighted by Gasteiger charge is -1.99. The molecule has 0 radical (unpaired) electrons. The molecule has 5 heteroatoms. The molecule has 0 saturated heterocycles. The first-order valence-corrected chi connectivity index (χ1v) is 5.56. The molecule has 0 aliphatic rings. The molecule has 0 bridgehead atoms. The van der Waals surface area contributed by atoms with Crippen LogP contribution in [0.25, 0.3) is 5.65 Å². The third-order valence-electron chi connectivity index (χ3n) is 2.36. The molecule has 0 aromatic carbocycles. The summed E-state index contributed by atoms with van der Waals surface area (Å²) in [4.78, 5) is 4.32. The van der Waals surface area contributed by atoms with E-state index in [-0.39, 0.29) is 6.61 Å². The maximum atomic E-state index is 8.63. The Labute approximate surface area is 94.1 Å². The minimum absolute atomic E-state index is 0.270. The third-order valence-corrected chi connectivity index (χ3v) is 2.36. The molecule has 16 heavy (non-hydrogen) atoms. The predicted octanol–water partition coefficient (Wildman–Crippen LogP) is 1.30. The Balaban J connectivity index is 1.85. The quantitative estimate of drug-likeness (QED) is 0.720. The fourth-order valence-electron chi connectivity index (χ4n) is 1.52. The highest BCUT2D eigenvalue weighted by Gasteiger charge is 2.00. The van der Waals surface area contributed by atoms with Gasteiger partial charge in [-0.05, 0) is 31.4 Å². The number of pyridine rings is 1. The Morgan fingerprint density at radius 1 is 1.25 bits per heavy atom. The van der Waals surface area contributed by atoms with Gasteiger partial charge in [0.1, 0.15) is 0 Å². The third kappa shape index (κ3) is 2.70. The molecule has 0 fully saturated rings. The van der Waals surface area contributed by atoms with Crippen LogP contribution in [0.5, 0.6) is 0 Å². The zero-order chi connectivity index (χ0) is 11.2. The van der Waals surface area contributed by atoms with Crippen LogP contribution in [0.2, 0.25) is 0 Å². The van der Waals surface area contributed by atoms with Crippen molar-refractivity contribution in [3.63, 3.8) is 0 Å². The number of nitrogens with zero attached hydrogens (tertiary/aromatic N) is 3. The van der Waals surface area contributed by atoms with Gasteiger partial charge < -0.3 is 10.4 Å². The molecular weight excluding hydrogens is 204 g/mol. The zero-order valence-corrected chi connectivity index (χ0v) is 9.13. The maximum Gasteiger partial charge on any atom is 0.243 e. The fourth-order valence-corrected chi connectivity index (χ4v) is 1.52. The van der Waals surface area contributed by atoms with Crippen molar-refractivity contribution in [1.29, 1.82) is 0 Å². The van der Waals surface area contributed by atoms with Crippen LogP contribution in [0, 0.1) is 0 Å². The summed E-state index contributed by atoms with van der Waals surface area (Å²) in [5, 5.41) is 16.1. The van der Waals surface area contributed by atoms with Gasteiger partial charge in [-0.25, -0.2) is 4.52 Å². The lowest BCUT2D eigenvalue weighted by Crippen LogP contribution is -2.03. The summed E-state index contributed by atoms with van der Waals surface area (Å²) in [5.41, 5.74) is 0.848.